The number of anilines is 1. The van der Waals surface area contributed by atoms with Crippen molar-refractivity contribution in [2.45, 2.75) is 26.8 Å². The van der Waals surface area contributed by atoms with E-state index in [1.807, 2.05) is 51.1 Å². The van der Waals surface area contributed by atoms with E-state index in [0.29, 0.717) is 12.3 Å². The largest absolute Gasteiger partial charge is 0.478 e. The number of rotatable bonds is 4. The van der Waals surface area contributed by atoms with Gasteiger partial charge in [0.15, 0.2) is 0 Å². The van der Waals surface area contributed by atoms with E-state index in [0.717, 1.165) is 16.7 Å². The second kappa shape index (κ2) is 6.59. The molecule has 1 fully saturated rings. The lowest BCUT2D eigenvalue weighted by Gasteiger charge is -2.25. The van der Waals surface area contributed by atoms with Crippen molar-refractivity contribution in [3.05, 3.63) is 53.6 Å². The Kier molecular flexibility index (Phi) is 4.49. The number of carbonyl (C=O) groups is 2. The van der Waals surface area contributed by atoms with Gasteiger partial charge in [-0.1, -0.05) is 43.7 Å². The van der Waals surface area contributed by atoms with Crippen molar-refractivity contribution >= 4 is 17.7 Å². The van der Waals surface area contributed by atoms with Gasteiger partial charge in [0, 0.05) is 5.69 Å². The molecule has 0 radical (unpaired) electrons. The Morgan fingerprint density at radius 1 is 1.16 bits per heavy atom. The Bertz CT molecular complexity index is 811. The third-order valence-electron chi connectivity index (χ3n) is 4.50. The first-order valence-corrected chi connectivity index (χ1v) is 8.28. The topological polar surface area (TPSA) is 66.8 Å². The molecule has 25 heavy (non-hydrogen) atoms. The molecule has 5 nitrogen and oxygen atoms in total. The number of hydrogen-bond donors (Lipinski definition) is 1. The molecule has 2 aromatic carbocycles. The number of ether oxygens (including phenoxy) is 1. The Morgan fingerprint density at radius 2 is 1.84 bits per heavy atom. The predicted molar refractivity (Wildman–Crippen MR) is 96.0 cm³/mol. The summed E-state index contributed by atoms with van der Waals surface area (Å²) in [7, 11) is 0. The number of carboxylic acids is 1. The minimum atomic E-state index is -1.02. The quantitative estimate of drug-likeness (QED) is 0.900. The van der Waals surface area contributed by atoms with Gasteiger partial charge in [-0.2, -0.15) is 0 Å². The molecule has 1 aliphatic rings. The molecule has 5 heteroatoms. The lowest BCUT2D eigenvalue weighted by atomic mass is 9.99. The summed E-state index contributed by atoms with van der Waals surface area (Å²) in [5.74, 6) is -0.827. The van der Waals surface area contributed by atoms with E-state index in [1.54, 1.807) is 11.0 Å². The molecule has 0 spiro atoms. The van der Waals surface area contributed by atoms with Crippen molar-refractivity contribution in [2.75, 3.05) is 11.5 Å². The molecule has 0 saturated carbocycles. The summed E-state index contributed by atoms with van der Waals surface area (Å²) >= 11 is 0. The molecule has 0 unspecified atom stereocenters. The van der Waals surface area contributed by atoms with Crippen molar-refractivity contribution in [1.82, 2.24) is 0 Å². The molecule has 3 rings (SSSR count). The van der Waals surface area contributed by atoms with E-state index < -0.39 is 12.1 Å². The van der Waals surface area contributed by atoms with Gasteiger partial charge in [-0.05, 0) is 42.2 Å². The highest BCUT2D eigenvalue weighted by Gasteiger charge is 2.36. The zero-order valence-corrected chi connectivity index (χ0v) is 14.5. The van der Waals surface area contributed by atoms with Gasteiger partial charge >= 0.3 is 12.1 Å². The van der Waals surface area contributed by atoms with Gasteiger partial charge in [-0.3, -0.25) is 4.90 Å². The molecular weight excluding hydrogens is 318 g/mol. The van der Waals surface area contributed by atoms with Crippen molar-refractivity contribution in [3.63, 3.8) is 0 Å². The zero-order chi connectivity index (χ0) is 18.1. The second-order valence-electron chi connectivity index (χ2n) is 6.70. The molecular formula is C20H21NO4. The van der Waals surface area contributed by atoms with E-state index in [2.05, 4.69) is 0 Å². The minimum absolute atomic E-state index is 0.109. The molecule has 0 aromatic heterocycles. The van der Waals surface area contributed by atoms with Gasteiger partial charge in [-0.25, -0.2) is 9.59 Å². The summed E-state index contributed by atoms with van der Waals surface area (Å²) in [4.78, 5) is 25.4. The molecule has 1 heterocycles. The number of benzene rings is 2. The SMILES string of the molecule is Cc1ccc(-c2cc(C(=O)O)cc(N3C(=O)OC[C@H]3C(C)C)c2)cc1. The van der Waals surface area contributed by atoms with Crippen LogP contribution in [0.15, 0.2) is 42.5 Å². The third kappa shape index (κ3) is 3.36. The Morgan fingerprint density at radius 3 is 2.44 bits per heavy atom. The van der Waals surface area contributed by atoms with E-state index in [4.69, 9.17) is 4.74 Å². The number of hydrogen-bond acceptors (Lipinski definition) is 3. The monoisotopic (exact) mass is 339 g/mol. The minimum Gasteiger partial charge on any atom is -0.478 e. The Balaban J connectivity index is 2.11. The number of nitrogens with zero attached hydrogens (tertiary/aromatic N) is 1. The molecule has 1 amide bonds. The molecule has 1 aliphatic heterocycles. The van der Waals surface area contributed by atoms with E-state index in [-0.39, 0.29) is 17.5 Å². The van der Waals surface area contributed by atoms with Crippen LogP contribution >= 0.6 is 0 Å². The Labute approximate surface area is 146 Å². The third-order valence-corrected chi connectivity index (χ3v) is 4.50. The summed E-state index contributed by atoms with van der Waals surface area (Å²) in [6.07, 6.45) is -0.434. The van der Waals surface area contributed by atoms with Crippen LogP contribution in [0, 0.1) is 12.8 Å². The maximum atomic E-state index is 12.2. The second-order valence-corrected chi connectivity index (χ2v) is 6.70. The zero-order valence-electron chi connectivity index (χ0n) is 14.5. The number of aryl methyl sites for hydroxylation is 1. The standard InChI is InChI=1S/C20H21NO4/c1-12(2)18-11-25-20(24)21(18)17-9-15(8-16(10-17)19(22)23)14-6-4-13(3)5-7-14/h4-10,12,18H,11H2,1-3H3,(H,22,23)/t18-/m0/s1. The fraction of sp³-hybridized carbons (Fsp3) is 0.300. The first-order chi connectivity index (χ1) is 11.9. The van der Waals surface area contributed by atoms with Gasteiger partial charge in [0.1, 0.15) is 6.61 Å². The first-order valence-electron chi connectivity index (χ1n) is 8.28. The highest BCUT2D eigenvalue weighted by molar-refractivity contribution is 5.96. The lowest BCUT2D eigenvalue weighted by molar-refractivity contribution is 0.0697. The van der Waals surface area contributed by atoms with Crippen molar-refractivity contribution < 1.29 is 19.4 Å². The molecule has 2 aromatic rings. The van der Waals surface area contributed by atoms with E-state index in [9.17, 15) is 14.7 Å². The predicted octanol–water partition coefficient (Wildman–Crippen LogP) is 4.34. The van der Waals surface area contributed by atoms with Crippen molar-refractivity contribution in [3.8, 4) is 11.1 Å². The van der Waals surface area contributed by atoms with Crippen LogP contribution in [0.2, 0.25) is 0 Å². The molecule has 1 N–H and O–H groups in total. The van der Waals surface area contributed by atoms with Gasteiger partial charge in [0.25, 0.3) is 0 Å². The Hall–Kier alpha value is -2.82. The molecule has 0 bridgehead atoms. The van der Waals surface area contributed by atoms with Gasteiger partial charge in [-0.15, -0.1) is 0 Å². The highest BCUT2D eigenvalue weighted by atomic mass is 16.6. The average molecular weight is 339 g/mol. The van der Waals surface area contributed by atoms with Crippen LogP contribution in [0.1, 0.15) is 29.8 Å². The molecule has 1 atom stereocenters. The smallest absolute Gasteiger partial charge is 0.414 e. The fourth-order valence-electron chi connectivity index (χ4n) is 3.01. The number of carboxylic acid groups (broad SMARTS) is 1. The van der Waals surface area contributed by atoms with Crippen molar-refractivity contribution in [1.29, 1.82) is 0 Å². The van der Waals surface area contributed by atoms with E-state index in [1.165, 1.54) is 6.07 Å². The van der Waals surface area contributed by atoms with Gasteiger partial charge in [0.2, 0.25) is 0 Å². The summed E-state index contributed by atoms with van der Waals surface area (Å²) in [5, 5.41) is 9.47. The summed E-state index contributed by atoms with van der Waals surface area (Å²) in [6.45, 7) is 6.34. The van der Waals surface area contributed by atoms with Crippen molar-refractivity contribution in [2.24, 2.45) is 5.92 Å². The van der Waals surface area contributed by atoms with Crippen LogP contribution in [0.5, 0.6) is 0 Å². The summed E-state index contributed by atoms with van der Waals surface area (Å²) in [6, 6.07) is 12.7. The van der Waals surface area contributed by atoms with Crippen LogP contribution in [0.3, 0.4) is 0 Å². The maximum absolute atomic E-state index is 12.2. The average Bonchev–Trinajstić information content (AvgIpc) is 2.97. The summed E-state index contributed by atoms with van der Waals surface area (Å²) in [5.41, 5.74) is 3.49. The van der Waals surface area contributed by atoms with Crippen LogP contribution in [0.4, 0.5) is 10.5 Å². The maximum Gasteiger partial charge on any atom is 0.414 e. The van der Waals surface area contributed by atoms with Gasteiger partial charge < -0.3 is 9.84 Å². The van der Waals surface area contributed by atoms with Crippen LogP contribution in [-0.2, 0) is 4.74 Å². The first kappa shape index (κ1) is 17.0. The number of amides is 1. The van der Waals surface area contributed by atoms with Crippen LogP contribution in [0.25, 0.3) is 11.1 Å². The molecule has 130 valence electrons. The molecule has 0 aliphatic carbocycles. The highest BCUT2D eigenvalue weighted by Crippen LogP contribution is 2.32. The molecule has 1 saturated heterocycles. The van der Waals surface area contributed by atoms with Gasteiger partial charge in [0.05, 0.1) is 11.6 Å². The number of aromatic carboxylic acids is 1. The van der Waals surface area contributed by atoms with Crippen LogP contribution in [-0.4, -0.2) is 29.8 Å². The van der Waals surface area contributed by atoms with E-state index >= 15 is 0 Å². The number of carbonyl (C=O) groups excluding carboxylic acids is 1. The summed E-state index contributed by atoms with van der Waals surface area (Å²) < 4.78 is 5.20. The fourth-order valence-corrected chi connectivity index (χ4v) is 3.01. The normalized spacial score (nSPS) is 17.0. The number of cyclic esters (lactones) is 1. The lowest BCUT2D eigenvalue weighted by Crippen LogP contribution is -2.37. The van der Waals surface area contributed by atoms with Crippen LogP contribution < -0.4 is 4.90 Å².